The Morgan fingerprint density at radius 1 is 1.39 bits per heavy atom. The molecule has 0 aliphatic heterocycles. The number of anilines is 1. The van der Waals surface area contributed by atoms with Crippen LogP contribution in [0.1, 0.15) is 38.1 Å². The fourth-order valence-corrected chi connectivity index (χ4v) is 1.48. The SMILES string of the molecule is CCNc1ncccc1C(=O)NCC(C)C(C)C. The van der Waals surface area contributed by atoms with E-state index in [0.717, 1.165) is 6.54 Å². The van der Waals surface area contributed by atoms with Crippen molar-refractivity contribution in [2.75, 3.05) is 18.4 Å². The van der Waals surface area contributed by atoms with E-state index in [2.05, 4.69) is 36.4 Å². The Hall–Kier alpha value is -1.58. The highest BCUT2D eigenvalue weighted by Crippen LogP contribution is 2.12. The maximum atomic E-state index is 12.1. The Balaban J connectivity index is 2.66. The topological polar surface area (TPSA) is 54.0 Å². The second kappa shape index (κ2) is 6.99. The predicted molar refractivity (Wildman–Crippen MR) is 74.7 cm³/mol. The molecular formula is C14H23N3O. The molecule has 1 heterocycles. The third kappa shape index (κ3) is 4.02. The second-order valence-electron chi connectivity index (χ2n) is 4.86. The van der Waals surface area contributed by atoms with Crippen LogP contribution in [0.4, 0.5) is 5.82 Å². The summed E-state index contributed by atoms with van der Waals surface area (Å²) < 4.78 is 0. The van der Waals surface area contributed by atoms with Crippen LogP contribution in [0.5, 0.6) is 0 Å². The predicted octanol–water partition coefficient (Wildman–Crippen LogP) is 2.54. The lowest BCUT2D eigenvalue weighted by Crippen LogP contribution is -2.30. The molecule has 1 rings (SSSR count). The van der Waals surface area contributed by atoms with E-state index in [1.807, 2.05) is 6.92 Å². The van der Waals surface area contributed by atoms with Crippen molar-refractivity contribution in [1.29, 1.82) is 0 Å². The summed E-state index contributed by atoms with van der Waals surface area (Å²) in [6, 6.07) is 3.57. The molecule has 0 aliphatic rings. The third-order valence-corrected chi connectivity index (χ3v) is 3.12. The van der Waals surface area contributed by atoms with Gasteiger partial charge in [-0.15, -0.1) is 0 Å². The standard InChI is InChI=1S/C14H23N3O/c1-5-15-13-12(7-6-8-16-13)14(18)17-9-11(4)10(2)3/h6-8,10-11H,5,9H2,1-4H3,(H,15,16)(H,17,18). The molecule has 1 atom stereocenters. The molecule has 0 bridgehead atoms. The van der Waals surface area contributed by atoms with Crippen LogP contribution >= 0.6 is 0 Å². The highest BCUT2D eigenvalue weighted by molar-refractivity contribution is 5.98. The molecule has 0 saturated heterocycles. The monoisotopic (exact) mass is 249 g/mol. The van der Waals surface area contributed by atoms with E-state index >= 15 is 0 Å². The molecule has 0 spiro atoms. The Bertz CT molecular complexity index is 390. The quantitative estimate of drug-likeness (QED) is 0.814. The number of hydrogen-bond donors (Lipinski definition) is 2. The molecule has 0 saturated carbocycles. The Kier molecular flexibility index (Phi) is 5.62. The largest absolute Gasteiger partial charge is 0.370 e. The number of carbonyl (C=O) groups is 1. The van der Waals surface area contributed by atoms with Crippen molar-refractivity contribution in [3.05, 3.63) is 23.9 Å². The van der Waals surface area contributed by atoms with Crippen LogP contribution in [0.25, 0.3) is 0 Å². The van der Waals surface area contributed by atoms with Crippen molar-refractivity contribution in [2.24, 2.45) is 11.8 Å². The van der Waals surface area contributed by atoms with Crippen molar-refractivity contribution in [2.45, 2.75) is 27.7 Å². The highest BCUT2D eigenvalue weighted by atomic mass is 16.1. The molecule has 1 unspecified atom stereocenters. The van der Waals surface area contributed by atoms with Gasteiger partial charge >= 0.3 is 0 Å². The fourth-order valence-electron chi connectivity index (χ4n) is 1.48. The first-order valence-electron chi connectivity index (χ1n) is 6.53. The molecule has 100 valence electrons. The zero-order valence-corrected chi connectivity index (χ0v) is 11.7. The van der Waals surface area contributed by atoms with Crippen molar-refractivity contribution >= 4 is 11.7 Å². The lowest BCUT2D eigenvalue weighted by atomic mass is 9.98. The number of nitrogens with one attached hydrogen (secondary N) is 2. The van der Waals surface area contributed by atoms with Gasteiger partial charge in [0, 0.05) is 19.3 Å². The molecule has 1 amide bonds. The first kappa shape index (κ1) is 14.5. The van der Waals surface area contributed by atoms with Gasteiger partial charge in [0.1, 0.15) is 5.82 Å². The van der Waals surface area contributed by atoms with Gasteiger partial charge in [-0.3, -0.25) is 4.79 Å². The smallest absolute Gasteiger partial charge is 0.255 e. The number of nitrogens with zero attached hydrogens (tertiary/aromatic N) is 1. The Morgan fingerprint density at radius 2 is 2.11 bits per heavy atom. The van der Waals surface area contributed by atoms with E-state index in [1.165, 1.54) is 0 Å². The molecule has 2 N–H and O–H groups in total. The van der Waals surface area contributed by atoms with Crippen LogP contribution in [0.2, 0.25) is 0 Å². The summed E-state index contributed by atoms with van der Waals surface area (Å²) in [6.45, 7) is 9.88. The number of hydrogen-bond acceptors (Lipinski definition) is 3. The first-order valence-corrected chi connectivity index (χ1v) is 6.53. The molecule has 0 radical (unpaired) electrons. The molecule has 0 aliphatic carbocycles. The maximum Gasteiger partial charge on any atom is 0.255 e. The lowest BCUT2D eigenvalue weighted by molar-refractivity contribution is 0.0945. The van der Waals surface area contributed by atoms with Gasteiger partial charge in [0.2, 0.25) is 0 Å². The summed E-state index contributed by atoms with van der Waals surface area (Å²) in [5, 5.41) is 6.06. The minimum atomic E-state index is -0.0634. The maximum absolute atomic E-state index is 12.1. The summed E-state index contributed by atoms with van der Waals surface area (Å²) in [4.78, 5) is 16.3. The van der Waals surface area contributed by atoms with Crippen molar-refractivity contribution in [3.63, 3.8) is 0 Å². The molecule has 1 aromatic rings. The van der Waals surface area contributed by atoms with Gasteiger partial charge in [-0.05, 0) is 30.9 Å². The summed E-state index contributed by atoms with van der Waals surface area (Å²) in [5.41, 5.74) is 0.607. The first-order chi connectivity index (χ1) is 8.56. The minimum absolute atomic E-state index is 0.0634. The van der Waals surface area contributed by atoms with Crippen LogP contribution < -0.4 is 10.6 Å². The summed E-state index contributed by atoms with van der Waals surface area (Å²) >= 11 is 0. The van der Waals surface area contributed by atoms with Crippen LogP contribution in [-0.4, -0.2) is 24.0 Å². The van der Waals surface area contributed by atoms with Crippen molar-refractivity contribution in [1.82, 2.24) is 10.3 Å². The van der Waals surface area contributed by atoms with Crippen molar-refractivity contribution < 1.29 is 4.79 Å². The number of rotatable bonds is 6. The van der Waals surface area contributed by atoms with E-state index in [1.54, 1.807) is 18.3 Å². The van der Waals surface area contributed by atoms with Gasteiger partial charge < -0.3 is 10.6 Å². The van der Waals surface area contributed by atoms with E-state index in [4.69, 9.17) is 0 Å². The molecule has 1 aromatic heterocycles. The normalized spacial score (nSPS) is 12.3. The molecule has 0 fully saturated rings. The van der Waals surface area contributed by atoms with Gasteiger partial charge in [0.05, 0.1) is 5.56 Å². The summed E-state index contributed by atoms with van der Waals surface area (Å²) in [7, 11) is 0. The summed E-state index contributed by atoms with van der Waals surface area (Å²) in [6.07, 6.45) is 1.69. The van der Waals surface area contributed by atoms with Gasteiger partial charge in [0.25, 0.3) is 5.91 Å². The van der Waals surface area contributed by atoms with E-state index in [0.29, 0.717) is 29.8 Å². The second-order valence-corrected chi connectivity index (χ2v) is 4.86. The van der Waals surface area contributed by atoms with Gasteiger partial charge in [-0.25, -0.2) is 4.98 Å². The van der Waals surface area contributed by atoms with Gasteiger partial charge in [-0.1, -0.05) is 20.8 Å². The number of aromatic nitrogens is 1. The van der Waals surface area contributed by atoms with Crippen LogP contribution in [0, 0.1) is 11.8 Å². The molecule has 0 aromatic carbocycles. The Morgan fingerprint density at radius 3 is 2.72 bits per heavy atom. The van der Waals surface area contributed by atoms with Crippen LogP contribution in [0.3, 0.4) is 0 Å². The fraction of sp³-hybridized carbons (Fsp3) is 0.571. The molecule has 4 nitrogen and oxygen atoms in total. The average molecular weight is 249 g/mol. The zero-order valence-electron chi connectivity index (χ0n) is 11.7. The molecule has 4 heteroatoms. The summed E-state index contributed by atoms with van der Waals surface area (Å²) in [5.74, 6) is 1.61. The third-order valence-electron chi connectivity index (χ3n) is 3.12. The van der Waals surface area contributed by atoms with Gasteiger partial charge in [-0.2, -0.15) is 0 Å². The van der Waals surface area contributed by atoms with Gasteiger partial charge in [0.15, 0.2) is 0 Å². The average Bonchev–Trinajstić information content (AvgIpc) is 2.36. The number of carbonyl (C=O) groups excluding carboxylic acids is 1. The minimum Gasteiger partial charge on any atom is -0.370 e. The number of amides is 1. The van der Waals surface area contributed by atoms with Crippen LogP contribution in [0.15, 0.2) is 18.3 Å². The van der Waals surface area contributed by atoms with Crippen molar-refractivity contribution in [3.8, 4) is 0 Å². The van der Waals surface area contributed by atoms with E-state index < -0.39 is 0 Å². The van der Waals surface area contributed by atoms with E-state index in [-0.39, 0.29) is 5.91 Å². The molecular weight excluding hydrogens is 226 g/mol. The number of pyridine rings is 1. The Labute approximate surface area is 109 Å². The van der Waals surface area contributed by atoms with Crippen LogP contribution in [-0.2, 0) is 0 Å². The van der Waals surface area contributed by atoms with E-state index in [9.17, 15) is 4.79 Å². The lowest BCUT2D eigenvalue weighted by Gasteiger charge is -2.16. The molecule has 18 heavy (non-hydrogen) atoms. The zero-order chi connectivity index (χ0) is 13.5. The highest BCUT2D eigenvalue weighted by Gasteiger charge is 2.13.